The molecule has 31 heavy (non-hydrogen) atoms. The third kappa shape index (κ3) is 5.59. The van der Waals surface area contributed by atoms with Crippen molar-refractivity contribution in [2.45, 2.75) is 50.3 Å². The Bertz CT molecular complexity index is 940. The molecule has 1 saturated heterocycles. The standard InChI is InChI=1S/C26H30N2O2S/c1-19-11-13-21(14-12-19)17-24-26(30)28(22-9-5-6-10-23(22)31-24)18-25(29)27-16-15-20-7-3-2-4-8-20/h2-4,7-8,11-14,17,22-23H,5-6,9-10,15-16,18H2,1H3,(H,27,29)/b24-17+. The molecule has 2 amide bonds. The van der Waals surface area contributed by atoms with Crippen molar-refractivity contribution in [3.63, 3.8) is 0 Å². The molecule has 0 aromatic heterocycles. The first-order chi connectivity index (χ1) is 15.1. The van der Waals surface area contributed by atoms with Gasteiger partial charge in [0.15, 0.2) is 0 Å². The Morgan fingerprint density at radius 3 is 2.61 bits per heavy atom. The highest BCUT2D eigenvalue weighted by Crippen LogP contribution is 2.42. The molecule has 2 aromatic carbocycles. The highest BCUT2D eigenvalue weighted by Gasteiger charge is 2.41. The molecule has 2 unspecified atom stereocenters. The van der Waals surface area contributed by atoms with Crippen molar-refractivity contribution in [2.75, 3.05) is 13.1 Å². The van der Waals surface area contributed by atoms with Crippen LogP contribution in [0.5, 0.6) is 0 Å². The number of thioether (sulfide) groups is 1. The second kappa shape index (κ2) is 10.2. The average Bonchev–Trinajstić information content (AvgIpc) is 2.79. The lowest BCUT2D eigenvalue weighted by Gasteiger charge is -2.43. The molecule has 1 N–H and O–H groups in total. The molecule has 2 aliphatic rings. The number of carbonyl (C=O) groups excluding carboxylic acids is 2. The molecule has 1 heterocycles. The van der Waals surface area contributed by atoms with E-state index in [9.17, 15) is 9.59 Å². The molecule has 162 valence electrons. The fourth-order valence-electron chi connectivity index (χ4n) is 4.38. The van der Waals surface area contributed by atoms with Crippen LogP contribution in [0.15, 0.2) is 59.5 Å². The predicted octanol–water partition coefficient (Wildman–Crippen LogP) is 4.58. The molecule has 4 rings (SSSR count). The second-order valence-corrected chi connectivity index (χ2v) is 9.73. The van der Waals surface area contributed by atoms with Crippen LogP contribution in [0.4, 0.5) is 0 Å². The molecule has 1 aliphatic heterocycles. The van der Waals surface area contributed by atoms with E-state index < -0.39 is 0 Å². The number of carbonyl (C=O) groups is 2. The van der Waals surface area contributed by atoms with Crippen molar-refractivity contribution in [1.82, 2.24) is 10.2 Å². The molecular weight excluding hydrogens is 404 g/mol. The van der Waals surface area contributed by atoms with Crippen molar-refractivity contribution in [3.8, 4) is 0 Å². The van der Waals surface area contributed by atoms with Crippen molar-refractivity contribution < 1.29 is 9.59 Å². The van der Waals surface area contributed by atoms with E-state index in [1.807, 2.05) is 41.3 Å². The summed E-state index contributed by atoms with van der Waals surface area (Å²) in [5.74, 6) is -0.0814. The zero-order chi connectivity index (χ0) is 21.6. The van der Waals surface area contributed by atoms with Gasteiger partial charge in [-0.25, -0.2) is 0 Å². The smallest absolute Gasteiger partial charge is 0.261 e. The fraction of sp³-hybridized carbons (Fsp3) is 0.385. The van der Waals surface area contributed by atoms with Gasteiger partial charge in [0.25, 0.3) is 5.91 Å². The maximum atomic E-state index is 13.3. The first-order valence-corrected chi connectivity index (χ1v) is 12.0. The van der Waals surface area contributed by atoms with E-state index in [0.717, 1.165) is 36.2 Å². The number of amides is 2. The highest BCUT2D eigenvalue weighted by atomic mass is 32.2. The number of fused-ring (bicyclic) bond motifs is 1. The summed E-state index contributed by atoms with van der Waals surface area (Å²) in [4.78, 5) is 28.6. The predicted molar refractivity (Wildman–Crippen MR) is 128 cm³/mol. The Balaban J connectivity index is 1.44. The summed E-state index contributed by atoms with van der Waals surface area (Å²) in [6.45, 7) is 2.78. The van der Waals surface area contributed by atoms with E-state index in [4.69, 9.17) is 0 Å². The van der Waals surface area contributed by atoms with Crippen LogP contribution in [-0.2, 0) is 16.0 Å². The van der Waals surface area contributed by atoms with E-state index in [0.29, 0.717) is 11.8 Å². The minimum atomic E-state index is -0.0739. The molecule has 5 heteroatoms. The molecule has 2 fully saturated rings. The SMILES string of the molecule is Cc1ccc(/C=C2/SC3CCCCC3N(CC(=O)NCCc3ccccc3)C2=O)cc1. The summed E-state index contributed by atoms with van der Waals surface area (Å²) in [5, 5.41) is 3.38. The minimum absolute atomic E-state index is 0.00747. The van der Waals surface area contributed by atoms with E-state index in [2.05, 4.69) is 36.5 Å². The van der Waals surface area contributed by atoms with Gasteiger partial charge < -0.3 is 10.2 Å². The Labute approximate surface area is 189 Å². The Morgan fingerprint density at radius 2 is 1.84 bits per heavy atom. The van der Waals surface area contributed by atoms with E-state index in [1.54, 1.807) is 11.8 Å². The molecule has 2 atom stereocenters. The lowest BCUT2D eigenvalue weighted by atomic mass is 9.93. The highest BCUT2D eigenvalue weighted by molar-refractivity contribution is 8.04. The van der Waals surface area contributed by atoms with Gasteiger partial charge in [0.2, 0.25) is 5.91 Å². The van der Waals surface area contributed by atoms with Gasteiger partial charge in [-0.05, 0) is 43.4 Å². The summed E-state index contributed by atoms with van der Waals surface area (Å²) in [7, 11) is 0. The maximum Gasteiger partial charge on any atom is 0.261 e. The van der Waals surface area contributed by atoms with Crippen LogP contribution in [0.2, 0.25) is 0 Å². The number of nitrogens with zero attached hydrogens (tertiary/aromatic N) is 1. The second-order valence-electron chi connectivity index (χ2n) is 8.45. The summed E-state index contributed by atoms with van der Waals surface area (Å²) in [5.41, 5.74) is 3.43. The van der Waals surface area contributed by atoms with Gasteiger partial charge in [0.05, 0.1) is 4.91 Å². The van der Waals surface area contributed by atoms with Gasteiger partial charge in [-0.3, -0.25) is 9.59 Å². The summed E-state index contributed by atoms with van der Waals surface area (Å²) in [6.07, 6.45) is 7.17. The van der Waals surface area contributed by atoms with Crippen LogP contribution in [0.1, 0.15) is 42.4 Å². The topological polar surface area (TPSA) is 49.4 Å². The number of aryl methyl sites for hydroxylation is 1. The third-order valence-corrected chi connectivity index (χ3v) is 7.48. The third-order valence-electron chi connectivity index (χ3n) is 6.09. The molecule has 0 spiro atoms. The van der Waals surface area contributed by atoms with Crippen LogP contribution >= 0.6 is 11.8 Å². The molecule has 0 bridgehead atoms. The molecule has 4 nitrogen and oxygen atoms in total. The van der Waals surface area contributed by atoms with Crippen molar-refractivity contribution in [1.29, 1.82) is 0 Å². The molecule has 1 saturated carbocycles. The lowest BCUT2D eigenvalue weighted by molar-refractivity contribution is -0.135. The Morgan fingerprint density at radius 1 is 1.10 bits per heavy atom. The van der Waals surface area contributed by atoms with Gasteiger partial charge in [-0.15, -0.1) is 11.8 Å². The van der Waals surface area contributed by atoms with Gasteiger partial charge >= 0.3 is 0 Å². The van der Waals surface area contributed by atoms with Crippen LogP contribution in [0.25, 0.3) is 6.08 Å². The molecule has 1 aliphatic carbocycles. The lowest BCUT2D eigenvalue weighted by Crippen LogP contribution is -2.54. The van der Waals surface area contributed by atoms with Gasteiger partial charge in [-0.2, -0.15) is 0 Å². The first kappa shape index (κ1) is 21.7. The van der Waals surface area contributed by atoms with Gasteiger partial charge in [-0.1, -0.05) is 73.0 Å². The largest absolute Gasteiger partial charge is 0.354 e. The Hall–Kier alpha value is -2.53. The number of hydrogen-bond acceptors (Lipinski definition) is 3. The number of rotatable bonds is 6. The summed E-state index contributed by atoms with van der Waals surface area (Å²) < 4.78 is 0. The number of hydrogen-bond donors (Lipinski definition) is 1. The van der Waals surface area contributed by atoms with Crippen LogP contribution in [0, 0.1) is 6.92 Å². The fourth-order valence-corrected chi connectivity index (χ4v) is 5.85. The monoisotopic (exact) mass is 434 g/mol. The van der Waals surface area contributed by atoms with Crippen molar-refractivity contribution in [3.05, 3.63) is 76.2 Å². The van der Waals surface area contributed by atoms with Gasteiger partial charge in [0, 0.05) is 17.8 Å². The zero-order valence-electron chi connectivity index (χ0n) is 18.0. The first-order valence-electron chi connectivity index (χ1n) is 11.2. The summed E-state index contributed by atoms with van der Waals surface area (Å²) >= 11 is 1.71. The number of nitrogens with one attached hydrogen (secondary N) is 1. The van der Waals surface area contributed by atoms with Crippen molar-refractivity contribution >= 4 is 29.7 Å². The summed E-state index contributed by atoms with van der Waals surface area (Å²) in [6, 6.07) is 18.5. The van der Waals surface area contributed by atoms with E-state index in [1.165, 1.54) is 17.5 Å². The minimum Gasteiger partial charge on any atom is -0.354 e. The van der Waals surface area contributed by atoms with Gasteiger partial charge in [0.1, 0.15) is 6.54 Å². The van der Waals surface area contributed by atoms with Crippen LogP contribution in [0.3, 0.4) is 0 Å². The molecule has 0 radical (unpaired) electrons. The van der Waals surface area contributed by atoms with Crippen LogP contribution < -0.4 is 5.32 Å². The Kier molecular flexibility index (Phi) is 7.13. The van der Waals surface area contributed by atoms with E-state index >= 15 is 0 Å². The maximum absolute atomic E-state index is 13.3. The van der Waals surface area contributed by atoms with Crippen LogP contribution in [-0.4, -0.2) is 41.1 Å². The molecular formula is C26H30N2O2S. The number of benzene rings is 2. The zero-order valence-corrected chi connectivity index (χ0v) is 18.9. The molecule has 2 aromatic rings. The normalized spacial score (nSPS) is 22.3. The quantitative estimate of drug-likeness (QED) is 0.677. The van der Waals surface area contributed by atoms with E-state index in [-0.39, 0.29) is 24.4 Å². The van der Waals surface area contributed by atoms with Crippen molar-refractivity contribution in [2.24, 2.45) is 0 Å². The average molecular weight is 435 g/mol.